The predicted molar refractivity (Wildman–Crippen MR) is 142 cm³/mol. The van der Waals surface area contributed by atoms with Crippen LogP contribution in [0.3, 0.4) is 0 Å². The Bertz CT molecular complexity index is 1690. The molecule has 0 saturated heterocycles. The number of hydrogen-bond acceptors (Lipinski definition) is 6. The number of urea groups is 1. The van der Waals surface area contributed by atoms with E-state index in [2.05, 4.69) is 9.97 Å². The Kier molecular flexibility index (Phi) is 6.56. The topological polar surface area (TPSA) is 107 Å². The highest BCUT2D eigenvalue weighted by Gasteiger charge is 2.32. The monoisotopic (exact) mass is 553 g/mol. The Balaban J connectivity index is 1.55. The van der Waals surface area contributed by atoms with Crippen molar-refractivity contribution in [3.8, 4) is 28.1 Å². The normalized spacial score (nSPS) is 11.5. The summed E-state index contributed by atoms with van der Waals surface area (Å²) in [5.41, 5.74) is 13.1. The smallest absolute Gasteiger partial charge is 0.416 e. The number of halogens is 4. The minimum Gasteiger partial charge on any atom is -0.481 e. The molecule has 0 atom stereocenters. The Morgan fingerprint density at radius 3 is 2.31 bits per heavy atom. The van der Waals surface area contributed by atoms with Crippen LogP contribution < -0.4 is 21.1 Å². The molecule has 0 spiro atoms. The number of thiophene rings is 1. The fourth-order valence-electron chi connectivity index (χ4n) is 4.18. The van der Waals surface area contributed by atoms with Crippen LogP contribution in [0, 0.1) is 5.82 Å². The van der Waals surface area contributed by atoms with Crippen molar-refractivity contribution in [1.29, 1.82) is 0 Å². The number of alkyl halides is 3. The van der Waals surface area contributed by atoms with E-state index < -0.39 is 29.3 Å². The second-order valence-corrected chi connectivity index (χ2v) is 9.26. The van der Waals surface area contributed by atoms with Gasteiger partial charge in [0, 0.05) is 45.2 Å². The summed E-state index contributed by atoms with van der Waals surface area (Å²) in [7, 11) is 1.53. The molecule has 2 amide bonds. The number of pyridine rings is 2. The van der Waals surface area contributed by atoms with Crippen LogP contribution in [0.25, 0.3) is 32.3 Å². The number of primary amides is 1. The van der Waals surface area contributed by atoms with Crippen LogP contribution in [-0.2, 0) is 6.18 Å². The van der Waals surface area contributed by atoms with E-state index in [1.54, 1.807) is 30.6 Å². The number of nitrogens with two attached hydrogens (primary N) is 2. The number of rotatable bonds is 5. The van der Waals surface area contributed by atoms with Crippen molar-refractivity contribution in [2.45, 2.75) is 6.18 Å². The fourth-order valence-corrected chi connectivity index (χ4v) is 5.30. The van der Waals surface area contributed by atoms with Crippen molar-refractivity contribution in [3.05, 3.63) is 83.8 Å². The van der Waals surface area contributed by atoms with Gasteiger partial charge >= 0.3 is 12.2 Å². The summed E-state index contributed by atoms with van der Waals surface area (Å²) in [6.45, 7) is 0. The molecule has 0 radical (unpaired) electrons. The molecule has 0 unspecified atom stereocenters. The van der Waals surface area contributed by atoms with E-state index in [4.69, 9.17) is 16.2 Å². The fraction of sp³-hybridized carbons (Fsp3) is 0.0741. The molecule has 0 aliphatic heterocycles. The molecule has 0 aliphatic carbocycles. The average molecular weight is 554 g/mol. The van der Waals surface area contributed by atoms with Gasteiger partial charge in [0.15, 0.2) is 0 Å². The second-order valence-electron chi connectivity index (χ2n) is 8.38. The number of methoxy groups -OCH3 is 1. The summed E-state index contributed by atoms with van der Waals surface area (Å²) < 4.78 is 60.2. The maximum Gasteiger partial charge on any atom is 0.416 e. The molecule has 2 aromatic carbocycles. The number of nitrogen functional groups attached to an aromatic ring is 1. The van der Waals surface area contributed by atoms with Gasteiger partial charge in [-0.15, -0.1) is 11.3 Å². The average Bonchev–Trinajstić information content (AvgIpc) is 3.36. The molecule has 5 rings (SSSR count). The van der Waals surface area contributed by atoms with Gasteiger partial charge in [0.2, 0.25) is 5.88 Å². The van der Waals surface area contributed by atoms with Gasteiger partial charge in [0.1, 0.15) is 11.6 Å². The molecule has 12 heteroatoms. The number of aromatic nitrogens is 2. The lowest BCUT2D eigenvalue weighted by atomic mass is 10.0. The molecule has 0 saturated carbocycles. The number of carbonyl (C=O) groups is 1. The molecule has 7 nitrogen and oxygen atoms in total. The number of fused-ring (bicyclic) bond motifs is 1. The SMILES string of the molecule is COc1ccc(-c2cnc(N)c3c(-c4ccc(N(C(N)=O)c5cc(C(F)(F)F)ccc5F)cc4)csc23)cn1. The van der Waals surface area contributed by atoms with E-state index >= 15 is 0 Å². The number of hydrogen-bond donors (Lipinski definition) is 2. The first-order valence-corrected chi connectivity index (χ1v) is 12.2. The lowest BCUT2D eigenvalue weighted by Crippen LogP contribution is -2.32. The highest BCUT2D eigenvalue weighted by atomic mass is 32.1. The van der Waals surface area contributed by atoms with Gasteiger partial charge in [-0.25, -0.2) is 19.2 Å². The lowest BCUT2D eigenvalue weighted by molar-refractivity contribution is -0.137. The van der Waals surface area contributed by atoms with Crippen LogP contribution in [0.4, 0.5) is 39.5 Å². The largest absolute Gasteiger partial charge is 0.481 e. The maximum atomic E-state index is 14.5. The molecule has 4 N–H and O–H groups in total. The number of ether oxygens (including phenoxy) is 1. The number of amides is 2. The highest BCUT2D eigenvalue weighted by molar-refractivity contribution is 7.18. The van der Waals surface area contributed by atoms with E-state index in [-0.39, 0.29) is 5.69 Å². The van der Waals surface area contributed by atoms with Crippen molar-refractivity contribution in [2.75, 3.05) is 17.7 Å². The first-order valence-electron chi connectivity index (χ1n) is 11.3. The van der Waals surface area contributed by atoms with Crippen LogP contribution >= 0.6 is 11.3 Å². The van der Waals surface area contributed by atoms with Crippen molar-refractivity contribution < 1.29 is 27.1 Å². The first kappa shape index (κ1) is 25.9. The third-order valence-electron chi connectivity index (χ3n) is 6.05. The summed E-state index contributed by atoms with van der Waals surface area (Å²) in [5.74, 6) is -0.255. The van der Waals surface area contributed by atoms with E-state index in [1.165, 1.54) is 30.6 Å². The van der Waals surface area contributed by atoms with Crippen molar-refractivity contribution in [3.63, 3.8) is 0 Å². The quantitative estimate of drug-likeness (QED) is 0.228. The van der Waals surface area contributed by atoms with Crippen LogP contribution in [0.1, 0.15) is 5.56 Å². The summed E-state index contributed by atoms with van der Waals surface area (Å²) in [6, 6.07) is 10.4. The number of anilines is 3. The molecule has 39 heavy (non-hydrogen) atoms. The van der Waals surface area contributed by atoms with Gasteiger partial charge in [-0.1, -0.05) is 12.1 Å². The van der Waals surface area contributed by atoms with Gasteiger partial charge in [0.25, 0.3) is 0 Å². The van der Waals surface area contributed by atoms with Gasteiger partial charge in [-0.3, -0.25) is 4.90 Å². The van der Waals surface area contributed by atoms with Gasteiger partial charge in [-0.05, 0) is 47.3 Å². The summed E-state index contributed by atoms with van der Waals surface area (Å²) in [6.07, 6.45) is -1.39. The predicted octanol–water partition coefficient (Wildman–Crippen LogP) is 6.99. The van der Waals surface area contributed by atoms with Gasteiger partial charge in [-0.2, -0.15) is 13.2 Å². The molecular formula is C27H19F4N5O2S. The summed E-state index contributed by atoms with van der Waals surface area (Å²) in [5, 5.41) is 2.60. The van der Waals surface area contributed by atoms with Crippen LogP contribution in [0.5, 0.6) is 5.88 Å². The lowest BCUT2D eigenvalue weighted by Gasteiger charge is -2.22. The molecule has 0 fully saturated rings. The number of benzene rings is 2. The van der Waals surface area contributed by atoms with Gasteiger partial charge < -0.3 is 16.2 Å². The maximum absolute atomic E-state index is 14.5. The standard InChI is InChI=1S/C27H19F4N5O2S/c1-38-22-9-4-15(11-34-22)18-12-35-25(32)23-19(13-39-24(18)23)14-2-6-17(7-3-14)36(26(33)37)21-10-16(27(29,30)31)5-8-20(21)28/h2-13H,1H3,(H2,32,35)(H2,33,37). The highest BCUT2D eigenvalue weighted by Crippen LogP contribution is 2.42. The third kappa shape index (κ3) is 4.81. The van der Waals surface area contributed by atoms with E-state index in [9.17, 15) is 22.4 Å². The van der Waals surface area contributed by atoms with Gasteiger partial charge in [0.05, 0.1) is 24.0 Å². The zero-order chi connectivity index (χ0) is 27.9. The Morgan fingerprint density at radius 2 is 1.69 bits per heavy atom. The molecular weight excluding hydrogens is 534 g/mol. The number of nitrogens with zero attached hydrogens (tertiary/aromatic N) is 3. The number of carbonyl (C=O) groups excluding carboxylic acids is 1. The van der Waals surface area contributed by atoms with E-state index in [0.29, 0.717) is 45.7 Å². The summed E-state index contributed by atoms with van der Waals surface area (Å²) >= 11 is 1.45. The Hall–Kier alpha value is -4.71. The molecule has 3 heterocycles. The zero-order valence-corrected chi connectivity index (χ0v) is 21.0. The van der Waals surface area contributed by atoms with E-state index in [1.807, 2.05) is 11.4 Å². The molecule has 3 aromatic heterocycles. The minimum absolute atomic E-state index is 0.0834. The minimum atomic E-state index is -4.73. The van der Waals surface area contributed by atoms with Crippen LogP contribution in [-0.4, -0.2) is 23.1 Å². The Labute approximate surface area is 223 Å². The molecule has 0 aliphatic rings. The van der Waals surface area contributed by atoms with Crippen LogP contribution in [0.15, 0.2) is 72.4 Å². The van der Waals surface area contributed by atoms with E-state index in [0.717, 1.165) is 21.4 Å². The molecule has 0 bridgehead atoms. The first-order chi connectivity index (χ1) is 18.6. The van der Waals surface area contributed by atoms with Crippen molar-refractivity contribution in [1.82, 2.24) is 9.97 Å². The van der Waals surface area contributed by atoms with Crippen molar-refractivity contribution >= 4 is 44.6 Å². The summed E-state index contributed by atoms with van der Waals surface area (Å²) in [4.78, 5) is 21.5. The Morgan fingerprint density at radius 1 is 0.974 bits per heavy atom. The molecule has 5 aromatic rings. The van der Waals surface area contributed by atoms with Crippen LogP contribution in [0.2, 0.25) is 0 Å². The molecule has 198 valence electrons. The zero-order valence-electron chi connectivity index (χ0n) is 20.2. The third-order valence-corrected chi connectivity index (χ3v) is 7.07. The van der Waals surface area contributed by atoms with Crippen molar-refractivity contribution in [2.24, 2.45) is 5.73 Å². The second kappa shape index (κ2) is 9.87.